The summed E-state index contributed by atoms with van der Waals surface area (Å²) in [6, 6.07) is 5.62. The van der Waals surface area contributed by atoms with Crippen LogP contribution in [0.25, 0.3) is 0 Å². The van der Waals surface area contributed by atoms with E-state index in [1.54, 1.807) is 20.8 Å². The molecule has 1 aliphatic rings. The Morgan fingerprint density at radius 1 is 1.30 bits per heavy atom. The number of hydrogen-bond acceptors (Lipinski definition) is 5. The number of thiophene rings is 1. The van der Waals surface area contributed by atoms with Crippen LogP contribution in [0.2, 0.25) is 0 Å². The molecular weight excluding hydrogens is 391 g/mol. The van der Waals surface area contributed by atoms with E-state index in [1.165, 1.54) is 24.3 Å². The Kier molecular flexibility index (Phi) is 5.40. The third-order valence-corrected chi connectivity index (χ3v) is 7.58. The molecule has 0 saturated carbocycles. The van der Waals surface area contributed by atoms with E-state index in [9.17, 15) is 17.6 Å². The van der Waals surface area contributed by atoms with Crippen LogP contribution in [0.4, 0.5) is 10.1 Å². The molecule has 2 aromatic rings. The number of sulfonamides is 1. The van der Waals surface area contributed by atoms with Crippen molar-refractivity contribution < 1.29 is 22.3 Å². The number of benzene rings is 1. The van der Waals surface area contributed by atoms with Crippen LogP contribution in [0.15, 0.2) is 28.5 Å². The summed E-state index contributed by atoms with van der Waals surface area (Å²) < 4.78 is 46.8. The van der Waals surface area contributed by atoms with Crippen molar-refractivity contribution in [2.75, 3.05) is 18.5 Å². The van der Waals surface area contributed by atoms with Gasteiger partial charge < -0.3 is 10.1 Å². The minimum absolute atomic E-state index is 0.0774. The van der Waals surface area contributed by atoms with Gasteiger partial charge in [0.15, 0.2) is 0 Å². The molecule has 146 valence electrons. The zero-order chi connectivity index (χ0) is 19.8. The number of carbonyl (C=O) groups excluding carboxylic acids is 1. The number of carbonyl (C=O) groups is 1. The van der Waals surface area contributed by atoms with Crippen LogP contribution in [0.3, 0.4) is 0 Å². The highest BCUT2D eigenvalue weighted by atomic mass is 32.2. The predicted octanol–water partition coefficient (Wildman–Crippen LogP) is 3.21. The van der Waals surface area contributed by atoms with Gasteiger partial charge in [-0.25, -0.2) is 17.5 Å². The fraction of sp³-hybridized carbons (Fsp3) is 0.389. The maximum Gasteiger partial charge on any atom is 0.256 e. The first-order valence-electron chi connectivity index (χ1n) is 8.39. The van der Waals surface area contributed by atoms with Crippen molar-refractivity contribution in [3.63, 3.8) is 0 Å². The second-order valence-electron chi connectivity index (χ2n) is 6.92. The molecule has 6 nitrogen and oxygen atoms in total. The summed E-state index contributed by atoms with van der Waals surface area (Å²) in [5, 5.41) is 2.68. The monoisotopic (exact) mass is 412 g/mol. The van der Waals surface area contributed by atoms with Crippen molar-refractivity contribution in [2.24, 2.45) is 0 Å². The molecule has 1 aromatic carbocycles. The van der Waals surface area contributed by atoms with Gasteiger partial charge in [0, 0.05) is 17.2 Å². The highest BCUT2D eigenvalue weighted by Crippen LogP contribution is 2.29. The summed E-state index contributed by atoms with van der Waals surface area (Å²) in [6.07, 6.45) is 0.591. The Bertz CT molecular complexity index is 979. The van der Waals surface area contributed by atoms with Gasteiger partial charge in [0.1, 0.15) is 10.0 Å². The molecule has 0 radical (unpaired) electrons. The molecule has 1 aliphatic heterocycles. The van der Waals surface area contributed by atoms with Crippen LogP contribution in [-0.4, -0.2) is 33.1 Å². The standard InChI is InChI=1S/C18H21FN2O4S2/c1-11-8-13(4-5-15(11)19)20-17(22)14-9-16(26-12(14)2)27(23,24)21-18(3)6-7-25-10-18/h4-5,8-9,21H,6-7,10H2,1-3H3,(H,20,22). The fourth-order valence-electron chi connectivity index (χ4n) is 2.86. The van der Waals surface area contributed by atoms with Crippen LogP contribution < -0.4 is 10.0 Å². The van der Waals surface area contributed by atoms with E-state index in [-0.39, 0.29) is 15.6 Å². The summed E-state index contributed by atoms with van der Waals surface area (Å²) >= 11 is 1.04. The quantitative estimate of drug-likeness (QED) is 0.790. The van der Waals surface area contributed by atoms with Gasteiger partial charge in [-0.2, -0.15) is 0 Å². The van der Waals surface area contributed by atoms with Crippen LogP contribution in [0, 0.1) is 19.7 Å². The van der Waals surface area contributed by atoms with E-state index in [4.69, 9.17) is 4.74 Å². The Morgan fingerprint density at radius 3 is 2.67 bits per heavy atom. The summed E-state index contributed by atoms with van der Waals surface area (Å²) in [4.78, 5) is 13.1. The van der Waals surface area contributed by atoms with Crippen molar-refractivity contribution >= 4 is 33.0 Å². The number of halogens is 1. The molecule has 0 spiro atoms. The van der Waals surface area contributed by atoms with Gasteiger partial charge in [-0.3, -0.25) is 4.79 Å². The number of ether oxygens (including phenoxy) is 1. The number of rotatable bonds is 5. The van der Waals surface area contributed by atoms with E-state index < -0.39 is 21.5 Å². The number of anilines is 1. The Labute approximate surface area is 161 Å². The highest BCUT2D eigenvalue weighted by Gasteiger charge is 2.35. The maximum atomic E-state index is 13.4. The SMILES string of the molecule is Cc1cc(NC(=O)c2cc(S(=O)(=O)NC3(C)CCOC3)sc2C)ccc1F. The van der Waals surface area contributed by atoms with Gasteiger partial charge in [-0.1, -0.05) is 0 Å². The molecule has 9 heteroatoms. The highest BCUT2D eigenvalue weighted by molar-refractivity contribution is 7.91. The molecule has 2 N–H and O–H groups in total. The van der Waals surface area contributed by atoms with E-state index in [2.05, 4.69) is 10.0 Å². The number of aryl methyl sites for hydroxylation is 2. The number of hydrogen-bond donors (Lipinski definition) is 2. The first-order chi connectivity index (χ1) is 12.6. The van der Waals surface area contributed by atoms with Crippen molar-refractivity contribution in [3.05, 3.63) is 46.1 Å². The van der Waals surface area contributed by atoms with Crippen molar-refractivity contribution in [3.8, 4) is 0 Å². The van der Waals surface area contributed by atoms with Crippen molar-refractivity contribution in [2.45, 2.75) is 36.9 Å². The van der Waals surface area contributed by atoms with Gasteiger partial charge in [-0.05, 0) is 57.0 Å². The summed E-state index contributed by atoms with van der Waals surface area (Å²) in [6.45, 7) is 5.91. The predicted molar refractivity (Wildman–Crippen MR) is 102 cm³/mol. The second-order valence-corrected chi connectivity index (χ2v) is 10.1. The fourth-order valence-corrected chi connectivity index (χ4v) is 5.72. The average molecular weight is 413 g/mol. The van der Waals surface area contributed by atoms with Crippen LogP contribution >= 0.6 is 11.3 Å². The first-order valence-corrected chi connectivity index (χ1v) is 10.7. The minimum atomic E-state index is -3.76. The zero-order valence-corrected chi connectivity index (χ0v) is 16.9. The Hall–Kier alpha value is -1.81. The molecule has 1 fully saturated rings. The molecule has 1 amide bonds. The lowest BCUT2D eigenvalue weighted by Crippen LogP contribution is -2.46. The average Bonchev–Trinajstić information content (AvgIpc) is 3.17. The molecule has 0 aliphatic carbocycles. The van der Waals surface area contributed by atoms with E-state index in [0.29, 0.717) is 35.8 Å². The Morgan fingerprint density at radius 2 is 2.04 bits per heavy atom. The summed E-state index contributed by atoms with van der Waals surface area (Å²) in [5.41, 5.74) is 0.484. The van der Waals surface area contributed by atoms with Gasteiger partial charge in [0.2, 0.25) is 0 Å². The summed E-state index contributed by atoms with van der Waals surface area (Å²) in [5.74, 6) is -0.796. The first kappa shape index (κ1) is 19.9. The molecule has 1 saturated heterocycles. The van der Waals surface area contributed by atoms with Crippen molar-refractivity contribution in [1.29, 1.82) is 0 Å². The largest absolute Gasteiger partial charge is 0.379 e. The molecule has 1 unspecified atom stereocenters. The molecule has 27 heavy (non-hydrogen) atoms. The summed E-state index contributed by atoms with van der Waals surface area (Å²) in [7, 11) is -3.76. The molecular formula is C18H21FN2O4S2. The third kappa shape index (κ3) is 4.37. The maximum absolute atomic E-state index is 13.4. The number of nitrogens with one attached hydrogen (secondary N) is 2. The van der Waals surface area contributed by atoms with Crippen LogP contribution in [0.5, 0.6) is 0 Å². The third-order valence-electron chi connectivity index (χ3n) is 4.42. The van der Waals surface area contributed by atoms with Crippen LogP contribution in [-0.2, 0) is 14.8 Å². The zero-order valence-electron chi connectivity index (χ0n) is 15.3. The molecule has 1 aromatic heterocycles. The van der Waals surface area contributed by atoms with Gasteiger partial charge >= 0.3 is 0 Å². The normalized spacial score (nSPS) is 20.0. The van der Waals surface area contributed by atoms with Gasteiger partial charge in [-0.15, -0.1) is 11.3 Å². The lowest BCUT2D eigenvalue weighted by molar-refractivity contribution is 0.102. The second kappa shape index (κ2) is 7.31. The van der Waals surface area contributed by atoms with E-state index >= 15 is 0 Å². The topological polar surface area (TPSA) is 84.5 Å². The van der Waals surface area contributed by atoms with Gasteiger partial charge in [0.05, 0.1) is 17.7 Å². The number of amides is 1. The lowest BCUT2D eigenvalue weighted by Gasteiger charge is -2.22. The molecule has 3 rings (SSSR count). The van der Waals surface area contributed by atoms with E-state index in [0.717, 1.165) is 11.3 Å². The molecule has 1 atom stereocenters. The van der Waals surface area contributed by atoms with E-state index in [1.807, 2.05) is 0 Å². The Balaban J connectivity index is 1.80. The van der Waals surface area contributed by atoms with Crippen molar-refractivity contribution in [1.82, 2.24) is 4.72 Å². The van der Waals surface area contributed by atoms with Gasteiger partial charge in [0.25, 0.3) is 15.9 Å². The smallest absolute Gasteiger partial charge is 0.256 e. The van der Waals surface area contributed by atoms with Crippen LogP contribution in [0.1, 0.15) is 34.1 Å². The lowest BCUT2D eigenvalue weighted by atomic mass is 10.0. The molecule has 0 bridgehead atoms. The molecule has 2 heterocycles. The minimum Gasteiger partial charge on any atom is -0.379 e.